The van der Waals surface area contributed by atoms with Gasteiger partial charge in [-0.25, -0.2) is 4.79 Å². The van der Waals surface area contributed by atoms with Crippen LogP contribution in [0.2, 0.25) is 0 Å². The van der Waals surface area contributed by atoms with Crippen molar-refractivity contribution in [3.8, 4) is 0 Å². The Hall–Kier alpha value is -1.81. The molecule has 2 heterocycles. The van der Waals surface area contributed by atoms with E-state index in [1.165, 1.54) is 16.0 Å². The van der Waals surface area contributed by atoms with Crippen molar-refractivity contribution >= 4 is 23.1 Å². The molecule has 0 radical (unpaired) electrons. The van der Waals surface area contributed by atoms with Gasteiger partial charge in [-0.2, -0.15) is 0 Å². The Labute approximate surface area is 129 Å². The molecule has 1 saturated heterocycles. The fraction of sp³-hybridized carbons (Fsp3) is 0.353. The first-order valence-electron chi connectivity index (χ1n) is 7.33. The highest BCUT2D eigenvalue weighted by Crippen LogP contribution is 2.34. The summed E-state index contributed by atoms with van der Waals surface area (Å²) in [7, 11) is 0. The number of urea groups is 1. The van der Waals surface area contributed by atoms with Crippen LogP contribution in [0, 0.1) is 13.8 Å². The fourth-order valence-electron chi connectivity index (χ4n) is 2.80. The predicted molar refractivity (Wildman–Crippen MR) is 87.9 cm³/mol. The van der Waals surface area contributed by atoms with Crippen molar-refractivity contribution in [3.63, 3.8) is 0 Å². The van der Waals surface area contributed by atoms with Crippen LogP contribution in [0.3, 0.4) is 0 Å². The number of hydrogen-bond donors (Lipinski definition) is 1. The number of likely N-dealkylation sites (tertiary alicyclic amines) is 1. The molecule has 2 amide bonds. The standard InChI is InChI=1S/C17H20N2OS/c1-12-7-8-14(11-13(12)2)18-17(20)19-9-3-5-15(19)16-6-4-10-21-16/h4,6-8,10-11,15H,3,5,9H2,1-2H3,(H,18,20)/t15-/m0/s1. The second-order valence-electron chi connectivity index (χ2n) is 5.60. The molecule has 0 spiro atoms. The summed E-state index contributed by atoms with van der Waals surface area (Å²) < 4.78 is 0. The van der Waals surface area contributed by atoms with E-state index in [1.54, 1.807) is 11.3 Å². The van der Waals surface area contributed by atoms with E-state index >= 15 is 0 Å². The summed E-state index contributed by atoms with van der Waals surface area (Å²) in [6.45, 7) is 4.97. The first-order chi connectivity index (χ1) is 10.1. The van der Waals surface area contributed by atoms with E-state index in [9.17, 15) is 4.79 Å². The number of amides is 2. The maximum Gasteiger partial charge on any atom is 0.322 e. The van der Waals surface area contributed by atoms with Crippen LogP contribution in [-0.4, -0.2) is 17.5 Å². The van der Waals surface area contributed by atoms with Crippen LogP contribution in [0.5, 0.6) is 0 Å². The highest BCUT2D eigenvalue weighted by Gasteiger charge is 2.30. The third kappa shape index (κ3) is 2.95. The topological polar surface area (TPSA) is 32.3 Å². The Morgan fingerprint density at radius 3 is 2.86 bits per heavy atom. The number of carbonyl (C=O) groups excluding carboxylic acids is 1. The van der Waals surface area contributed by atoms with Gasteiger partial charge in [0.25, 0.3) is 0 Å². The Morgan fingerprint density at radius 2 is 2.14 bits per heavy atom. The quantitative estimate of drug-likeness (QED) is 0.854. The van der Waals surface area contributed by atoms with Crippen LogP contribution in [0.15, 0.2) is 35.7 Å². The molecule has 0 bridgehead atoms. The second-order valence-corrected chi connectivity index (χ2v) is 6.58. The summed E-state index contributed by atoms with van der Waals surface area (Å²) in [5.74, 6) is 0. The SMILES string of the molecule is Cc1ccc(NC(=O)N2CCC[C@H]2c2cccs2)cc1C. The monoisotopic (exact) mass is 300 g/mol. The molecule has 110 valence electrons. The zero-order chi connectivity index (χ0) is 14.8. The molecular weight excluding hydrogens is 280 g/mol. The molecule has 1 aromatic carbocycles. The predicted octanol–water partition coefficient (Wildman–Crippen LogP) is 4.73. The Bertz CT molecular complexity index is 636. The molecular formula is C17H20N2OS. The van der Waals surface area contributed by atoms with E-state index < -0.39 is 0 Å². The summed E-state index contributed by atoms with van der Waals surface area (Å²) >= 11 is 1.73. The third-order valence-electron chi connectivity index (χ3n) is 4.14. The van der Waals surface area contributed by atoms with Crippen LogP contribution in [-0.2, 0) is 0 Å². The average Bonchev–Trinajstić information content (AvgIpc) is 3.12. The molecule has 0 unspecified atom stereocenters. The van der Waals surface area contributed by atoms with Crippen LogP contribution >= 0.6 is 11.3 Å². The molecule has 3 nitrogen and oxygen atoms in total. The second kappa shape index (κ2) is 5.90. The minimum atomic E-state index is 0.00848. The van der Waals surface area contributed by atoms with Gasteiger partial charge in [-0.3, -0.25) is 0 Å². The summed E-state index contributed by atoms with van der Waals surface area (Å²) in [6.07, 6.45) is 2.13. The lowest BCUT2D eigenvalue weighted by atomic mass is 10.1. The molecule has 1 atom stereocenters. The Kier molecular flexibility index (Phi) is 3.97. The van der Waals surface area contributed by atoms with Gasteiger partial charge in [-0.05, 0) is 61.4 Å². The zero-order valence-corrected chi connectivity index (χ0v) is 13.2. The van der Waals surface area contributed by atoms with E-state index in [0.717, 1.165) is 25.1 Å². The number of nitrogens with zero attached hydrogens (tertiary/aromatic N) is 1. The van der Waals surface area contributed by atoms with Crippen LogP contribution in [0.1, 0.15) is 34.9 Å². The van der Waals surface area contributed by atoms with E-state index in [0.29, 0.717) is 0 Å². The van der Waals surface area contributed by atoms with E-state index in [4.69, 9.17) is 0 Å². The lowest BCUT2D eigenvalue weighted by Crippen LogP contribution is -2.34. The van der Waals surface area contributed by atoms with E-state index in [1.807, 2.05) is 23.1 Å². The molecule has 1 aliphatic rings. The fourth-order valence-corrected chi connectivity index (χ4v) is 3.67. The minimum absolute atomic E-state index is 0.00848. The van der Waals surface area contributed by atoms with E-state index in [-0.39, 0.29) is 12.1 Å². The van der Waals surface area contributed by atoms with E-state index in [2.05, 4.69) is 36.7 Å². The van der Waals surface area contributed by atoms with Gasteiger partial charge in [0.05, 0.1) is 6.04 Å². The largest absolute Gasteiger partial charge is 0.322 e. The number of benzene rings is 1. The Balaban J connectivity index is 1.73. The number of hydrogen-bond acceptors (Lipinski definition) is 2. The van der Waals surface area contributed by atoms with Crippen molar-refractivity contribution in [2.24, 2.45) is 0 Å². The van der Waals surface area contributed by atoms with Gasteiger partial charge >= 0.3 is 6.03 Å². The molecule has 1 aromatic heterocycles. The van der Waals surface area contributed by atoms with Crippen molar-refractivity contribution < 1.29 is 4.79 Å². The highest BCUT2D eigenvalue weighted by atomic mass is 32.1. The van der Waals surface area contributed by atoms with Crippen LogP contribution in [0.25, 0.3) is 0 Å². The third-order valence-corrected chi connectivity index (χ3v) is 5.12. The maximum absolute atomic E-state index is 12.5. The van der Waals surface area contributed by atoms with Crippen LogP contribution in [0.4, 0.5) is 10.5 Å². The minimum Gasteiger partial charge on any atom is -0.317 e. The molecule has 0 aliphatic carbocycles. The summed E-state index contributed by atoms with van der Waals surface area (Å²) in [5, 5.41) is 5.11. The maximum atomic E-state index is 12.5. The molecule has 1 fully saturated rings. The summed E-state index contributed by atoms with van der Waals surface area (Å²) in [5.41, 5.74) is 3.31. The average molecular weight is 300 g/mol. The lowest BCUT2D eigenvalue weighted by Gasteiger charge is -2.24. The molecule has 1 aliphatic heterocycles. The molecule has 4 heteroatoms. The number of thiophene rings is 1. The molecule has 3 rings (SSSR count). The molecule has 21 heavy (non-hydrogen) atoms. The number of carbonyl (C=O) groups is 1. The molecule has 2 aromatic rings. The van der Waals surface area contributed by atoms with Gasteiger partial charge in [0.1, 0.15) is 0 Å². The first kappa shape index (κ1) is 14.1. The van der Waals surface area contributed by atoms with Crippen molar-refractivity contribution in [1.29, 1.82) is 0 Å². The van der Waals surface area contributed by atoms with Crippen molar-refractivity contribution in [3.05, 3.63) is 51.7 Å². The smallest absolute Gasteiger partial charge is 0.317 e. The first-order valence-corrected chi connectivity index (χ1v) is 8.21. The lowest BCUT2D eigenvalue weighted by molar-refractivity contribution is 0.208. The summed E-state index contributed by atoms with van der Waals surface area (Å²) in [4.78, 5) is 15.8. The van der Waals surface area contributed by atoms with Crippen molar-refractivity contribution in [1.82, 2.24) is 4.90 Å². The number of rotatable bonds is 2. The van der Waals surface area contributed by atoms with Crippen molar-refractivity contribution in [2.45, 2.75) is 32.7 Å². The van der Waals surface area contributed by atoms with Gasteiger partial charge in [0, 0.05) is 17.1 Å². The van der Waals surface area contributed by atoms with Gasteiger partial charge in [0.15, 0.2) is 0 Å². The Morgan fingerprint density at radius 1 is 1.29 bits per heavy atom. The van der Waals surface area contributed by atoms with Gasteiger partial charge in [-0.1, -0.05) is 12.1 Å². The molecule has 1 N–H and O–H groups in total. The highest BCUT2D eigenvalue weighted by molar-refractivity contribution is 7.10. The zero-order valence-electron chi connectivity index (χ0n) is 12.4. The van der Waals surface area contributed by atoms with Gasteiger partial charge in [-0.15, -0.1) is 11.3 Å². The van der Waals surface area contributed by atoms with Crippen LogP contribution < -0.4 is 5.32 Å². The van der Waals surface area contributed by atoms with Gasteiger partial charge < -0.3 is 10.2 Å². The number of aryl methyl sites for hydroxylation is 2. The van der Waals surface area contributed by atoms with Crippen molar-refractivity contribution in [2.75, 3.05) is 11.9 Å². The molecule has 0 saturated carbocycles. The summed E-state index contributed by atoms with van der Waals surface area (Å²) in [6, 6.07) is 10.5. The normalized spacial score (nSPS) is 18.0. The number of anilines is 1. The number of nitrogens with one attached hydrogen (secondary N) is 1. The van der Waals surface area contributed by atoms with Gasteiger partial charge in [0.2, 0.25) is 0 Å².